The number of rotatable bonds is 1. The van der Waals surface area contributed by atoms with Crippen LogP contribution in [0.15, 0.2) is 12.2 Å². The molecule has 0 amide bonds. The van der Waals surface area contributed by atoms with Crippen molar-refractivity contribution in [1.29, 1.82) is 0 Å². The monoisotopic (exact) mass is 222 g/mol. The molecule has 0 aromatic heterocycles. The third-order valence-electron chi connectivity index (χ3n) is 5.30. The van der Waals surface area contributed by atoms with Gasteiger partial charge in [0.1, 0.15) is 0 Å². The molecule has 2 saturated carbocycles. The average Bonchev–Trinajstić information content (AvgIpc) is 2.15. The van der Waals surface area contributed by atoms with Crippen molar-refractivity contribution >= 4 is 0 Å². The number of aliphatic hydroxyl groups is 1. The molecule has 2 aliphatic carbocycles. The second kappa shape index (κ2) is 3.87. The molecule has 0 radical (unpaired) electrons. The van der Waals surface area contributed by atoms with Crippen LogP contribution in [0.5, 0.6) is 0 Å². The van der Waals surface area contributed by atoms with Crippen molar-refractivity contribution in [3.63, 3.8) is 0 Å². The van der Waals surface area contributed by atoms with Crippen LogP contribution in [0.1, 0.15) is 59.3 Å². The lowest BCUT2D eigenvalue weighted by molar-refractivity contribution is -0.120. The highest BCUT2D eigenvalue weighted by molar-refractivity contribution is 5.07. The Labute approximate surface area is 99.9 Å². The molecule has 0 saturated heterocycles. The Bertz CT molecular complexity index is 292. The Hall–Kier alpha value is -0.300. The van der Waals surface area contributed by atoms with Gasteiger partial charge in [0.05, 0.1) is 5.60 Å². The topological polar surface area (TPSA) is 20.2 Å². The normalized spacial score (nSPS) is 48.5. The van der Waals surface area contributed by atoms with Gasteiger partial charge in [0.15, 0.2) is 0 Å². The van der Waals surface area contributed by atoms with Gasteiger partial charge < -0.3 is 5.11 Å². The molecule has 16 heavy (non-hydrogen) atoms. The number of fused-ring (bicyclic) bond motifs is 1. The largest absolute Gasteiger partial charge is 0.390 e. The molecule has 0 aliphatic heterocycles. The highest BCUT2D eigenvalue weighted by atomic mass is 16.3. The Morgan fingerprint density at radius 3 is 2.56 bits per heavy atom. The van der Waals surface area contributed by atoms with Gasteiger partial charge in [0.2, 0.25) is 0 Å². The van der Waals surface area contributed by atoms with E-state index in [0.717, 1.165) is 12.8 Å². The molecule has 1 nitrogen and oxygen atoms in total. The summed E-state index contributed by atoms with van der Waals surface area (Å²) in [4.78, 5) is 0. The summed E-state index contributed by atoms with van der Waals surface area (Å²) >= 11 is 0. The quantitative estimate of drug-likeness (QED) is 0.667. The predicted molar refractivity (Wildman–Crippen MR) is 68.2 cm³/mol. The number of hydrogen-bond donors (Lipinski definition) is 1. The predicted octanol–water partition coefficient (Wildman–Crippen LogP) is 3.92. The zero-order valence-corrected chi connectivity index (χ0v) is 11.1. The molecular weight excluding hydrogens is 196 g/mol. The smallest absolute Gasteiger partial charge is 0.0653 e. The summed E-state index contributed by atoms with van der Waals surface area (Å²) in [6, 6.07) is 0. The molecule has 0 aromatic rings. The van der Waals surface area contributed by atoms with E-state index in [4.69, 9.17) is 0 Å². The SMILES string of the molecule is C=C(C)[C@@H]1CC[C@@]2(C)CCC[C@](C)(O)[C@@H]2C1. The summed E-state index contributed by atoms with van der Waals surface area (Å²) in [7, 11) is 0. The first kappa shape index (κ1) is 12.2. The number of allylic oxidation sites excluding steroid dienone is 1. The fraction of sp³-hybridized carbons (Fsp3) is 0.867. The molecule has 0 spiro atoms. The molecule has 4 atom stereocenters. The van der Waals surface area contributed by atoms with E-state index >= 15 is 0 Å². The molecule has 1 heteroatoms. The van der Waals surface area contributed by atoms with E-state index in [0.29, 0.717) is 17.3 Å². The van der Waals surface area contributed by atoms with Crippen LogP contribution in [0.4, 0.5) is 0 Å². The summed E-state index contributed by atoms with van der Waals surface area (Å²) < 4.78 is 0. The Morgan fingerprint density at radius 2 is 1.94 bits per heavy atom. The lowest BCUT2D eigenvalue weighted by Crippen LogP contribution is -2.51. The lowest BCUT2D eigenvalue weighted by atomic mass is 9.53. The van der Waals surface area contributed by atoms with Crippen molar-refractivity contribution in [2.45, 2.75) is 64.9 Å². The van der Waals surface area contributed by atoms with E-state index in [-0.39, 0.29) is 0 Å². The first-order chi connectivity index (χ1) is 7.35. The van der Waals surface area contributed by atoms with Crippen molar-refractivity contribution in [3.8, 4) is 0 Å². The second-order valence-corrected chi connectivity index (χ2v) is 6.73. The maximum Gasteiger partial charge on any atom is 0.0653 e. The molecule has 0 bridgehead atoms. The summed E-state index contributed by atoms with van der Waals surface area (Å²) in [5.74, 6) is 1.12. The van der Waals surface area contributed by atoms with Crippen LogP contribution in [0.3, 0.4) is 0 Å². The second-order valence-electron chi connectivity index (χ2n) is 6.73. The molecule has 0 unspecified atom stereocenters. The number of hydrogen-bond acceptors (Lipinski definition) is 1. The molecule has 2 rings (SSSR count). The van der Waals surface area contributed by atoms with Crippen molar-refractivity contribution < 1.29 is 5.11 Å². The fourth-order valence-electron chi connectivity index (χ4n) is 4.14. The van der Waals surface area contributed by atoms with Gasteiger partial charge in [0, 0.05) is 0 Å². The van der Waals surface area contributed by atoms with Gasteiger partial charge in [-0.1, -0.05) is 25.5 Å². The van der Waals surface area contributed by atoms with Crippen LogP contribution in [-0.2, 0) is 0 Å². The molecule has 0 heterocycles. The standard InChI is InChI=1S/C15H26O/c1-11(2)12-6-9-14(3)7-5-8-15(4,16)13(14)10-12/h12-13,16H,1,5-10H2,2-4H3/t12-,13-,14-,15+/m1/s1. The first-order valence-electron chi connectivity index (χ1n) is 6.73. The van der Waals surface area contributed by atoms with Gasteiger partial charge in [-0.3, -0.25) is 0 Å². The third kappa shape index (κ3) is 1.95. The molecular formula is C15H26O. The summed E-state index contributed by atoms with van der Waals surface area (Å²) in [6.07, 6.45) is 7.17. The van der Waals surface area contributed by atoms with Gasteiger partial charge in [-0.15, -0.1) is 0 Å². The molecule has 1 N–H and O–H groups in total. The molecule has 2 fully saturated rings. The van der Waals surface area contributed by atoms with E-state index in [2.05, 4.69) is 27.4 Å². The maximum atomic E-state index is 10.6. The Morgan fingerprint density at radius 1 is 1.25 bits per heavy atom. The van der Waals surface area contributed by atoms with Crippen molar-refractivity contribution in [2.24, 2.45) is 17.3 Å². The zero-order chi connectivity index (χ0) is 12.0. The van der Waals surface area contributed by atoms with Crippen LogP contribution >= 0.6 is 0 Å². The minimum Gasteiger partial charge on any atom is -0.390 e. The Kier molecular flexibility index (Phi) is 2.94. The maximum absolute atomic E-state index is 10.6. The zero-order valence-electron chi connectivity index (χ0n) is 11.1. The van der Waals surface area contributed by atoms with E-state index in [1.807, 2.05) is 0 Å². The van der Waals surface area contributed by atoms with Crippen molar-refractivity contribution in [1.82, 2.24) is 0 Å². The van der Waals surface area contributed by atoms with Crippen LogP contribution in [0.25, 0.3) is 0 Å². The van der Waals surface area contributed by atoms with E-state index in [9.17, 15) is 5.11 Å². The third-order valence-corrected chi connectivity index (χ3v) is 5.30. The summed E-state index contributed by atoms with van der Waals surface area (Å²) in [5.41, 5.74) is 1.25. The van der Waals surface area contributed by atoms with Crippen molar-refractivity contribution in [3.05, 3.63) is 12.2 Å². The van der Waals surface area contributed by atoms with Crippen LogP contribution < -0.4 is 0 Å². The fourth-order valence-corrected chi connectivity index (χ4v) is 4.14. The average molecular weight is 222 g/mol. The van der Waals surface area contributed by atoms with E-state index in [1.54, 1.807) is 0 Å². The Balaban J connectivity index is 2.21. The summed E-state index contributed by atoms with van der Waals surface area (Å²) in [6.45, 7) is 10.7. The van der Waals surface area contributed by atoms with Gasteiger partial charge in [-0.05, 0) is 63.2 Å². The van der Waals surface area contributed by atoms with Crippen LogP contribution in [-0.4, -0.2) is 10.7 Å². The highest BCUT2D eigenvalue weighted by Gasteiger charge is 2.50. The first-order valence-corrected chi connectivity index (χ1v) is 6.73. The van der Waals surface area contributed by atoms with Gasteiger partial charge in [-0.2, -0.15) is 0 Å². The van der Waals surface area contributed by atoms with E-state index in [1.165, 1.54) is 31.3 Å². The molecule has 0 aromatic carbocycles. The minimum atomic E-state index is -0.443. The van der Waals surface area contributed by atoms with Gasteiger partial charge in [-0.25, -0.2) is 0 Å². The van der Waals surface area contributed by atoms with Crippen LogP contribution in [0, 0.1) is 17.3 Å². The van der Waals surface area contributed by atoms with Gasteiger partial charge in [0.25, 0.3) is 0 Å². The summed E-state index contributed by atoms with van der Waals surface area (Å²) in [5, 5.41) is 10.6. The van der Waals surface area contributed by atoms with Crippen LogP contribution in [0.2, 0.25) is 0 Å². The van der Waals surface area contributed by atoms with Crippen molar-refractivity contribution in [2.75, 3.05) is 0 Å². The lowest BCUT2D eigenvalue weighted by Gasteiger charge is -2.54. The molecule has 2 aliphatic rings. The van der Waals surface area contributed by atoms with Gasteiger partial charge >= 0.3 is 0 Å². The molecule has 92 valence electrons. The highest BCUT2D eigenvalue weighted by Crippen LogP contribution is 2.56. The van der Waals surface area contributed by atoms with E-state index < -0.39 is 5.60 Å². The minimum absolute atomic E-state index is 0.383.